The Bertz CT molecular complexity index is 966. The van der Waals surface area contributed by atoms with Crippen molar-refractivity contribution in [3.05, 3.63) is 35.0 Å². The van der Waals surface area contributed by atoms with Crippen LogP contribution >= 0.6 is 0 Å². The molecule has 2 N–H and O–H groups in total. The van der Waals surface area contributed by atoms with E-state index in [2.05, 4.69) is 20.1 Å². The second kappa shape index (κ2) is 8.97. The molecule has 1 aromatic carbocycles. The number of hydrogen-bond donors (Lipinski definition) is 2. The van der Waals surface area contributed by atoms with Crippen LogP contribution in [0.3, 0.4) is 0 Å². The predicted molar refractivity (Wildman–Crippen MR) is 105 cm³/mol. The molecule has 1 unspecified atom stereocenters. The van der Waals surface area contributed by atoms with Gasteiger partial charge in [-0.05, 0) is 57.0 Å². The molecule has 3 aromatic rings. The van der Waals surface area contributed by atoms with Gasteiger partial charge in [-0.1, -0.05) is 5.16 Å². The molecule has 0 fully saturated rings. The first-order valence-corrected chi connectivity index (χ1v) is 9.27. The van der Waals surface area contributed by atoms with Crippen molar-refractivity contribution in [2.75, 3.05) is 19.8 Å². The Kier molecular flexibility index (Phi) is 6.40. The van der Waals surface area contributed by atoms with E-state index in [1.165, 1.54) is 0 Å². The van der Waals surface area contributed by atoms with Crippen molar-refractivity contribution in [1.82, 2.24) is 20.1 Å². The van der Waals surface area contributed by atoms with E-state index in [0.29, 0.717) is 23.9 Å². The van der Waals surface area contributed by atoms with Crippen molar-refractivity contribution in [3.63, 3.8) is 0 Å². The maximum absolute atomic E-state index is 9.49. The van der Waals surface area contributed by atoms with E-state index in [1.54, 1.807) is 6.07 Å². The lowest BCUT2D eigenvalue weighted by molar-refractivity contribution is 0.0532. The molecule has 1 atom stereocenters. The van der Waals surface area contributed by atoms with Crippen LogP contribution in [0.25, 0.3) is 23.0 Å². The molecule has 2 aromatic heterocycles. The molecule has 0 aliphatic rings. The van der Waals surface area contributed by atoms with Gasteiger partial charge in [-0.3, -0.25) is 0 Å². The molecule has 0 aliphatic carbocycles. The monoisotopic (exact) mass is 400 g/mol. The molecule has 0 bridgehead atoms. The Balaban J connectivity index is 1.87. The predicted octanol–water partition coefficient (Wildman–Crippen LogP) is 2.25. The minimum Gasteiger partial charge on any atom is -0.490 e. The highest BCUT2D eigenvalue weighted by Gasteiger charge is 2.17. The molecule has 9 nitrogen and oxygen atoms in total. The van der Waals surface area contributed by atoms with E-state index < -0.39 is 6.10 Å². The number of aryl methyl sites for hydroxylation is 3. The highest BCUT2D eigenvalue weighted by molar-refractivity contribution is 5.62. The first kappa shape index (κ1) is 20.7. The van der Waals surface area contributed by atoms with Crippen molar-refractivity contribution in [2.24, 2.45) is 0 Å². The Morgan fingerprint density at radius 1 is 1.03 bits per heavy atom. The van der Waals surface area contributed by atoms with Crippen molar-refractivity contribution in [1.29, 1.82) is 0 Å². The molecule has 0 spiro atoms. The normalized spacial score (nSPS) is 12.1. The molecule has 9 heteroatoms. The molecule has 0 radical (unpaired) electrons. The van der Waals surface area contributed by atoms with Crippen LogP contribution in [0.4, 0.5) is 0 Å². The van der Waals surface area contributed by atoms with Crippen LogP contribution < -0.4 is 9.47 Å². The molecule has 0 aliphatic heterocycles. The fourth-order valence-electron chi connectivity index (χ4n) is 2.83. The minimum atomic E-state index is -0.925. The van der Waals surface area contributed by atoms with E-state index in [4.69, 9.17) is 19.1 Å². The summed E-state index contributed by atoms with van der Waals surface area (Å²) in [6, 6.07) is 5.76. The summed E-state index contributed by atoms with van der Waals surface area (Å²) in [5.74, 6) is 1.34. The summed E-state index contributed by atoms with van der Waals surface area (Å²) in [7, 11) is 0. The first-order chi connectivity index (χ1) is 13.9. The van der Waals surface area contributed by atoms with Gasteiger partial charge in [0.25, 0.3) is 5.89 Å². The third-order valence-electron chi connectivity index (χ3n) is 4.10. The molecule has 0 amide bonds. The summed E-state index contributed by atoms with van der Waals surface area (Å²) in [6.07, 6.45) is -0.925. The maximum atomic E-state index is 9.49. The van der Waals surface area contributed by atoms with Gasteiger partial charge < -0.3 is 24.2 Å². The third kappa shape index (κ3) is 4.87. The van der Waals surface area contributed by atoms with Crippen molar-refractivity contribution in [3.8, 4) is 34.7 Å². The van der Waals surface area contributed by atoms with Gasteiger partial charge in [-0.2, -0.15) is 9.97 Å². The van der Waals surface area contributed by atoms with Gasteiger partial charge >= 0.3 is 6.01 Å². The molecule has 0 saturated heterocycles. The van der Waals surface area contributed by atoms with Crippen LogP contribution in [0.15, 0.2) is 22.7 Å². The van der Waals surface area contributed by atoms with Crippen LogP contribution in [-0.2, 0) is 0 Å². The fourth-order valence-corrected chi connectivity index (χ4v) is 2.83. The lowest BCUT2D eigenvalue weighted by Gasteiger charge is -2.15. The quantitative estimate of drug-likeness (QED) is 0.586. The number of aliphatic hydroxyl groups excluding tert-OH is 2. The number of aromatic nitrogens is 4. The van der Waals surface area contributed by atoms with Crippen LogP contribution in [0.2, 0.25) is 0 Å². The van der Waals surface area contributed by atoms with Crippen LogP contribution in [-0.4, -0.2) is 56.2 Å². The van der Waals surface area contributed by atoms with Crippen LogP contribution in [0, 0.1) is 20.8 Å². The van der Waals surface area contributed by atoms with E-state index in [0.717, 1.165) is 22.4 Å². The number of hydrogen-bond acceptors (Lipinski definition) is 9. The Morgan fingerprint density at radius 3 is 2.41 bits per heavy atom. The Morgan fingerprint density at radius 2 is 1.76 bits per heavy atom. The van der Waals surface area contributed by atoms with Gasteiger partial charge in [0.15, 0.2) is 0 Å². The average Bonchev–Trinajstić information content (AvgIpc) is 3.17. The molecular formula is C20H24N4O5. The number of aliphatic hydroxyl groups is 2. The summed E-state index contributed by atoms with van der Waals surface area (Å²) in [6.45, 7) is 7.60. The van der Waals surface area contributed by atoms with E-state index >= 15 is 0 Å². The van der Waals surface area contributed by atoms with Gasteiger partial charge in [0.1, 0.15) is 24.2 Å². The highest BCUT2D eigenvalue weighted by atomic mass is 16.5. The molecule has 3 rings (SSSR count). The standard InChI is InChI=1S/C20H24N4O5/c1-5-27-20-21-13(4)8-16(22-20)19-23-18(24-29-19)14-6-11(2)17(12(3)7-14)28-10-15(26)9-25/h6-8,15,25-26H,5,9-10H2,1-4H3. The first-order valence-electron chi connectivity index (χ1n) is 9.27. The lowest BCUT2D eigenvalue weighted by atomic mass is 10.1. The summed E-state index contributed by atoms with van der Waals surface area (Å²) in [5, 5.41) is 22.5. The summed E-state index contributed by atoms with van der Waals surface area (Å²) < 4.78 is 16.4. The molecule has 2 heterocycles. The SMILES string of the molecule is CCOc1nc(C)cc(-c2nc(-c3cc(C)c(OCC(O)CO)c(C)c3)no2)n1. The second-order valence-corrected chi connectivity index (χ2v) is 6.62. The van der Waals surface area contributed by atoms with Crippen LogP contribution in [0.5, 0.6) is 11.8 Å². The zero-order valence-electron chi connectivity index (χ0n) is 16.8. The van der Waals surface area contributed by atoms with E-state index in [9.17, 15) is 5.11 Å². The smallest absolute Gasteiger partial charge is 0.317 e. The number of ether oxygens (including phenoxy) is 2. The van der Waals surface area contributed by atoms with Gasteiger partial charge in [0.05, 0.1) is 13.2 Å². The molecule has 29 heavy (non-hydrogen) atoms. The van der Waals surface area contributed by atoms with Crippen LogP contribution in [0.1, 0.15) is 23.7 Å². The van der Waals surface area contributed by atoms with E-state index in [-0.39, 0.29) is 25.1 Å². The van der Waals surface area contributed by atoms with Gasteiger partial charge in [0.2, 0.25) is 5.82 Å². The maximum Gasteiger partial charge on any atom is 0.317 e. The topological polar surface area (TPSA) is 124 Å². The Hall–Kier alpha value is -3.04. The number of benzene rings is 1. The van der Waals surface area contributed by atoms with Gasteiger partial charge in [-0.25, -0.2) is 4.98 Å². The molecule has 154 valence electrons. The summed E-state index contributed by atoms with van der Waals surface area (Å²) in [4.78, 5) is 13.0. The Labute approximate surface area is 168 Å². The summed E-state index contributed by atoms with van der Waals surface area (Å²) >= 11 is 0. The molecular weight excluding hydrogens is 376 g/mol. The van der Waals surface area contributed by atoms with Crippen molar-refractivity contribution in [2.45, 2.75) is 33.8 Å². The molecule has 0 saturated carbocycles. The zero-order valence-corrected chi connectivity index (χ0v) is 16.8. The van der Waals surface area contributed by atoms with Gasteiger partial charge in [0, 0.05) is 11.3 Å². The highest BCUT2D eigenvalue weighted by Crippen LogP contribution is 2.30. The second-order valence-electron chi connectivity index (χ2n) is 6.62. The average molecular weight is 400 g/mol. The van der Waals surface area contributed by atoms with Crippen molar-refractivity contribution < 1.29 is 24.2 Å². The largest absolute Gasteiger partial charge is 0.490 e. The van der Waals surface area contributed by atoms with Gasteiger partial charge in [-0.15, -0.1) is 0 Å². The zero-order chi connectivity index (χ0) is 21.0. The van der Waals surface area contributed by atoms with Crippen molar-refractivity contribution >= 4 is 0 Å². The third-order valence-corrected chi connectivity index (χ3v) is 4.10. The van der Waals surface area contributed by atoms with E-state index in [1.807, 2.05) is 39.8 Å². The minimum absolute atomic E-state index is 0.0130. The number of nitrogens with zero attached hydrogens (tertiary/aromatic N) is 4. The fraction of sp³-hybridized carbons (Fsp3) is 0.400. The number of rotatable bonds is 8. The lowest BCUT2D eigenvalue weighted by Crippen LogP contribution is -2.21. The summed E-state index contributed by atoms with van der Waals surface area (Å²) in [5.41, 5.74) is 3.70.